The van der Waals surface area contributed by atoms with E-state index in [1.54, 1.807) is 12.1 Å². The van der Waals surface area contributed by atoms with Crippen LogP contribution in [0.15, 0.2) is 24.3 Å². The van der Waals surface area contributed by atoms with Gasteiger partial charge in [0, 0.05) is 5.92 Å². The molecule has 0 radical (unpaired) electrons. The first-order valence-corrected chi connectivity index (χ1v) is 10.1. The van der Waals surface area contributed by atoms with Gasteiger partial charge in [-0.3, -0.25) is 11.5 Å². The Balaban J connectivity index is 1.74. The molecule has 1 aliphatic heterocycles. The van der Waals surface area contributed by atoms with E-state index in [1.165, 1.54) is 56.9 Å². The van der Waals surface area contributed by atoms with E-state index in [-0.39, 0.29) is 12.0 Å². The van der Waals surface area contributed by atoms with Gasteiger partial charge in [0.25, 0.3) is 0 Å². The minimum Gasteiger partial charge on any atom is -0.508 e. The van der Waals surface area contributed by atoms with Crippen LogP contribution in [0.25, 0.3) is 0 Å². The largest absolute Gasteiger partial charge is 0.508 e. The lowest BCUT2D eigenvalue weighted by Gasteiger charge is -2.55. The van der Waals surface area contributed by atoms with Gasteiger partial charge in [-0.1, -0.05) is 44.2 Å². The van der Waals surface area contributed by atoms with Crippen molar-refractivity contribution in [1.29, 1.82) is 0 Å². The van der Waals surface area contributed by atoms with E-state index in [9.17, 15) is 5.11 Å². The maximum atomic E-state index is 9.73. The standard InChI is InChI=1S/C21H32N2O2/c22-21(23)20(15-6-2-1-3-7-15)19(14-10-12-16(24)13-11-14)17-8-4-5-9-18(17)25-21/h10-13,15,17-20,24H,1-9,22-23H2. The lowest BCUT2D eigenvalue weighted by molar-refractivity contribution is -0.215. The number of hydrogen-bond acceptors (Lipinski definition) is 4. The second-order valence-electron chi connectivity index (χ2n) is 8.50. The minimum absolute atomic E-state index is 0.150. The molecule has 138 valence electrons. The van der Waals surface area contributed by atoms with Crippen molar-refractivity contribution in [3.05, 3.63) is 29.8 Å². The predicted octanol–water partition coefficient (Wildman–Crippen LogP) is 3.83. The zero-order valence-corrected chi connectivity index (χ0v) is 15.1. The number of phenolic OH excluding ortho intramolecular Hbond substituents is 1. The molecule has 4 nitrogen and oxygen atoms in total. The SMILES string of the molecule is NC1(N)OC2CCCCC2C(c2ccc(O)cc2)C1C1CCCCC1. The average molecular weight is 344 g/mol. The highest BCUT2D eigenvalue weighted by atomic mass is 16.5. The van der Waals surface area contributed by atoms with Crippen molar-refractivity contribution in [1.82, 2.24) is 0 Å². The van der Waals surface area contributed by atoms with E-state index in [4.69, 9.17) is 16.2 Å². The van der Waals surface area contributed by atoms with E-state index < -0.39 is 5.85 Å². The summed E-state index contributed by atoms with van der Waals surface area (Å²) in [7, 11) is 0. The molecule has 4 unspecified atom stereocenters. The first kappa shape index (κ1) is 17.3. The molecule has 0 amide bonds. The molecule has 0 bridgehead atoms. The normalized spacial score (nSPS) is 35.9. The van der Waals surface area contributed by atoms with Gasteiger partial charge >= 0.3 is 0 Å². The molecular weight excluding hydrogens is 312 g/mol. The van der Waals surface area contributed by atoms with E-state index in [0.717, 1.165) is 6.42 Å². The highest BCUT2D eigenvalue weighted by Gasteiger charge is 2.54. The Bertz CT molecular complexity index is 580. The third kappa shape index (κ3) is 3.32. The van der Waals surface area contributed by atoms with E-state index in [0.29, 0.717) is 23.5 Å². The Kier molecular flexibility index (Phi) is 4.78. The van der Waals surface area contributed by atoms with Crippen LogP contribution in [0.3, 0.4) is 0 Å². The van der Waals surface area contributed by atoms with E-state index in [2.05, 4.69) is 12.1 Å². The molecule has 2 aliphatic carbocycles. The summed E-state index contributed by atoms with van der Waals surface area (Å²) in [6.07, 6.45) is 11.2. The topological polar surface area (TPSA) is 81.5 Å². The Morgan fingerprint density at radius 3 is 2.24 bits per heavy atom. The third-order valence-corrected chi connectivity index (χ3v) is 6.91. The van der Waals surface area contributed by atoms with Crippen LogP contribution in [0.2, 0.25) is 0 Å². The zero-order valence-electron chi connectivity index (χ0n) is 15.1. The van der Waals surface area contributed by atoms with Crippen LogP contribution >= 0.6 is 0 Å². The molecule has 3 aliphatic rings. The smallest absolute Gasteiger partial charge is 0.173 e. The van der Waals surface area contributed by atoms with Crippen LogP contribution in [-0.4, -0.2) is 17.1 Å². The van der Waals surface area contributed by atoms with Crippen LogP contribution in [-0.2, 0) is 4.74 Å². The molecule has 1 heterocycles. The summed E-state index contributed by atoms with van der Waals surface area (Å²) in [4.78, 5) is 0. The van der Waals surface area contributed by atoms with Crippen molar-refractivity contribution >= 4 is 0 Å². The van der Waals surface area contributed by atoms with Gasteiger partial charge in [0.1, 0.15) is 5.75 Å². The maximum Gasteiger partial charge on any atom is 0.173 e. The number of aromatic hydroxyl groups is 1. The molecule has 0 spiro atoms. The van der Waals surface area contributed by atoms with Gasteiger partial charge in [-0.25, -0.2) is 0 Å². The monoisotopic (exact) mass is 344 g/mol. The van der Waals surface area contributed by atoms with Crippen molar-refractivity contribution < 1.29 is 9.84 Å². The van der Waals surface area contributed by atoms with Gasteiger partial charge in [0.05, 0.1) is 6.10 Å². The predicted molar refractivity (Wildman–Crippen MR) is 98.8 cm³/mol. The molecule has 4 rings (SSSR count). The lowest BCUT2D eigenvalue weighted by Crippen LogP contribution is -2.68. The van der Waals surface area contributed by atoms with Crippen molar-refractivity contribution in [3.63, 3.8) is 0 Å². The molecule has 25 heavy (non-hydrogen) atoms. The molecule has 4 heteroatoms. The molecule has 2 saturated carbocycles. The highest BCUT2D eigenvalue weighted by Crippen LogP contribution is 2.53. The minimum atomic E-state index is -1.05. The van der Waals surface area contributed by atoms with Crippen LogP contribution in [0.1, 0.15) is 69.3 Å². The van der Waals surface area contributed by atoms with Gasteiger partial charge in [0.15, 0.2) is 5.85 Å². The maximum absolute atomic E-state index is 9.73. The van der Waals surface area contributed by atoms with E-state index >= 15 is 0 Å². The summed E-state index contributed by atoms with van der Waals surface area (Å²) >= 11 is 0. The van der Waals surface area contributed by atoms with Gasteiger partial charge < -0.3 is 9.84 Å². The van der Waals surface area contributed by atoms with Crippen LogP contribution in [0.5, 0.6) is 5.75 Å². The van der Waals surface area contributed by atoms with Gasteiger partial charge in [-0.05, 0) is 61.1 Å². The Morgan fingerprint density at radius 1 is 0.880 bits per heavy atom. The number of phenols is 1. The van der Waals surface area contributed by atoms with Crippen LogP contribution in [0, 0.1) is 17.8 Å². The fourth-order valence-electron chi connectivity index (χ4n) is 5.88. The fourth-order valence-corrected chi connectivity index (χ4v) is 5.88. The van der Waals surface area contributed by atoms with Gasteiger partial charge in [-0.2, -0.15) is 0 Å². The van der Waals surface area contributed by atoms with Crippen molar-refractivity contribution in [2.45, 2.75) is 75.7 Å². The summed E-state index contributed by atoms with van der Waals surface area (Å²) in [5.41, 5.74) is 14.5. The molecule has 5 N–H and O–H groups in total. The molecule has 0 aromatic heterocycles. The van der Waals surface area contributed by atoms with Gasteiger partial charge in [0.2, 0.25) is 0 Å². The molecule has 1 aromatic carbocycles. The number of benzene rings is 1. The van der Waals surface area contributed by atoms with Crippen LogP contribution < -0.4 is 11.5 Å². The lowest BCUT2D eigenvalue weighted by atomic mass is 9.60. The van der Waals surface area contributed by atoms with Crippen molar-refractivity contribution in [2.24, 2.45) is 29.2 Å². The first-order valence-electron chi connectivity index (χ1n) is 10.1. The Morgan fingerprint density at radius 2 is 1.52 bits per heavy atom. The summed E-state index contributed by atoms with van der Waals surface area (Å²) in [6.45, 7) is 0. The van der Waals surface area contributed by atoms with Crippen molar-refractivity contribution in [2.75, 3.05) is 0 Å². The number of fused-ring (bicyclic) bond motifs is 1. The second kappa shape index (κ2) is 6.90. The first-order chi connectivity index (χ1) is 12.1. The summed E-state index contributed by atoms with van der Waals surface area (Å²) in [5.74, 6) is 0.769. The third-order valence-electron chi connectivity index (χ3n) is 6.91. The number of ether oxygens (including phenoxy) is 1. The molecule has 3 fully saturated rings. The average Bonchev–Trinajstić information content (AvgIpc) is 2.61. The van der Waals surface area contributed by atoms with Crippen LogP contribution in [0.4, 0.5) is 0 Å². The Hall–Kier alpha value is -1.10. The summed E-state index contributed by atoms with van der Waals surface area (Å²) in [6, 6.07) is 7.75. The number of hydrogen-bond donors (Lipinski definition) is 3. The summed E-state index contributed by atoms with van der Waals surface area (Å²) < 4.78 is 6.33. The van der Waals surface area contributed by atoms with Crippen molar-refractivity contribution in [3.8, 4) is 5.75 Å². The fraction of sp³-hybridized carbons (Fsp3) is 0.714. The number of nitrogens with two attached hydrogens (primary N) is 2. The molecule has 1 saturated heterocycles. The van der Waals surface area contributed by atoms with E-state index in [1.807, 2.05) is 0 Å². The Labute approximate surface area is 150 Å². The number of rotatable bonds is 2. The zero-order chi connectivity index (χ0) is 17.4. The second-order valence-corrected chi connectivity index (χ2v) is 8.50. The van der Waals surface area contributed by atoms with Gasteiger partial charge in [-0.15, -0.1) is 0 Å². The highest BCUT2D eigenvalue weighted by molar-refractivity contribution is 5.31. The molecular formula is C21H32N2O2. The molecule has 4 atom stereocenters. The molecule has 1 aromatic rings. The quantitative estimate of drug-likeness (QED) is 0.712. The summed E-state index contributed by atoms with van der Waals surface area (Å²) in [5, 5.41) is 9.73.